The second-order valence-corrected chi connectivity index (χ2v) is 4.31. The van der Waals surface area contributed by atoms with Gasteiger partial charge in [-0.1, -0.05) is 0 Å². The van der Waals surface area contributed by atoms with Crippen LogP contribution in [0.1, 0.15) is 11.7 Å². The van der Waals surface area contributed by atoms with E-state index in [1.807, 2.05) is 0 Å². The van der Waals surface area contributed by atoms with Gasteiger partial charge >= 0.3 is 6.18 Å². The third kappa shape index (κ3) is 2.68. The van der Waals surface area contributed by atoms with E-state index in [9.17, 15) is 13.2 Å². The number of nitrogens with two attached hydrogens (primary N) is 1. The van der Waals surface area contributed by atoms with Crippen molar-refractivity contribution in [2.45, 2.75) is 12.2 Å². The van der Waals surface area contributed by atoms with Crippen LogP contribution in [-0.4, -0.2) is 11.2 Å². The monoisotopic (exact) mass is 332 g/mol. The lowest BCUT2D eigenvalue weighted by atomic mass is 10.2. The molecule has 7 heteroatoms. The zero-order valence-electron chi connectivity index (χ0n) is 6.65. The van der Waals surface area contributed by atoms with E-state index in [1.54, 1.807) is 0 Å². The summed E-state index contributed by atoms with van der Waals surface area (Å²) >= 11 is 6.05. The SMILES string of the molecule is N[C@@H](c1ncc(Br)cc1Br)C(F)(F)F. The predicted octanol–water partition coefficient (Wildman–Crippen LogP) is 3.17. The van der Waals surface area contributed by atoms with Crippen LogP contribution in [0.2, 0.25) is 0 Å². The molecule has 1 atom stereocenters. The Kier molecular flexibility index (Phi) is 3.54. The minimum absolute atomic E-state index is 0.222. The van der Waals surface area contributed by atoms with Gasteiger partial charge in [-0.3, -0.25) is 4.98 Å². The van der Waals surface area contributed by atoms with Gasteiger partial charge < -0.3 is 5.73 Å². The molecule has 0 spiro atoms. The molecule has 0 bridgehead atoms. The van der Waals surface area contributed by atoms with Crippen LogP contribution in [-0.2, 0) is 0 Å². The fourth-order valence-electron chi connectivity index (χ4n) is 0.809. The van der Waals surface area contributed by atoms with Crippen LogP contribution in [0.15, 0.2) is 21.2 Å². The van der Waals surface area contributed by atoms with Gasteiger partial charge in [0.2, 0.25) is 0 Å². The van der Waals surface area contributed by atoms with Crippen LogP contribution in [0.5, 0.6) is 0 Å². The van der Waals surface area contributed by atoms with Crippen molar-refractivity contribution in [1.29, 1.82) is 0 Å². The van der Waals surface area contributed by atoms with E-state index in [0.717, 1.165) is 0 Å². The minimum Gasteiger partial charge on any atom is -0.315 e. The van der Waals surface area contributed by atoms with Crippen molar-refractivity contribution in [2.75, 3.05) is 0 Å². The second-order valence-electron chi connectivity index (χ2n) is 2.54. The van der Waals surface area contributed by atoms with E-state index in [2.05, 4.69) is 36.8 Å². The summed E-state index contributed by atoms with van der Waals surface area (Å²) < 4.78 is 37.5. The topological polar surface area (TPSA) is 38.9 Å². The Morgan fingerprint density at radius 1 is 1.36 bits per heavy atom. The van der Waals surface area contributed by atoms with Gasteiger partial charge in [-0.2, -0.15) is 13.2 Å². The molecule has 1 aromatic rings. The molecule has 78 valence electrons. The molecular weight excluding hydrogens is 329 g/mol. The molecule has 0 aromatic carbocycles. The zero-order chi connectivity index (χ0) is 10.9. The highest BCUT2D eigenvalue weighted by atomic mass is 79.9. The smallest absolute Gasteiger partial charge is 0.315 e. The fourth-order valence-corrected chi connectivity index (χ4v) is 2.04. The first-order valence-corrected chi connectivity index (χ1v) is 5.04. The van der Waals surface area contributed by atoms with Crippen molar-refractivity contribution < 1.29 is 13.2 Å². The number of aromatic nitrogens is 1. The Hall–Kier alpha value is -0.140. The Balaban J connectivity index is 3.08. The van der Waals surface area contributed by atoms with Gasteiger partial charge in [0, 0.05) is 15.1 Å². The third-order valence-electron chi connectivity index (χ3n) is 1.48. The minimum atomic E-state index is -4.48. The molecule has 0 fully saturated rings. The summed E-state index contributed by atoms with van der Waals surface area (Å²) in [4.78, 5) is 3.61. The highest BCUT2D eigenvalue weighted by molar-refractivity contribution is 9.11. The van der Waals surface area contributed by atoms with E-state index >= 15 is 0 Å². The van der Waals surface area contributed by atoms with Gasteiger partial charge in [0.05, 0.1) is 5.69 Å². The average Bonchev–Trinajstić information content (AvgIpc) is 2.01. The number of pyridine rings is 1. The molecule has 2 N–H and O–H groups in total. The lowest BCUT2D eigenvalue weighted by molar-refractivity contribution is -0.150. The first kappa shape index (κ1) is 11.9. The Bertz CT molecular complexity index is 340. The van der Waals surface area contributed by atoms with E-state index in [-0.39, 0.29) is 10.2 Å². The summed E-state index contributed by atoms with van der Waals surface area (Å²) in [7, 11) is 0. The van der Waals surface area contributed by atoms with E-state index < -0.39 is 12.2 Å². The van der Waals surface area contributed by atoms with E-state index in [0.29, 0.717) is 4.47 Å². The second kappa shape index (κ2) is 4.16. The molecule has 0 aliphatic rings. The number of rotatable bonds is 1. The highest BCUT2D eigenvalue weighted by Crippen LogP contribution is 2.33. The molecule has 2 nitrogen and oxygen atoms in total. The molecule has 0 aliphatic heterocycles. The van der Waals surface area contributed by atoms with Gasteiger partial charge in [-0.15, -0.1) is 0 Å². The number of nitrogens with zero attached hydrogens (tertiary/aromatic N) is 1. The molecule has 0 aliphatic carbocycles. The van der Waals surface area contributed by atoms with Crippen LogP contribution in [0, 0.1) is 0 Å². The summed E-state index contributed by atoms with van der Waals surface area (Å²) in [5.41, 5.74) is 4.77. The molecule has 1 aromatic heterocycles. The molecular formula is C7H5Br2F3N2. The van der Waals surface area contributed by atoms with Gasteiger partial charge in [0.1, 0.15) is 6.04 Å². The summed E-state index contributed by atoms with van der Waals surface area (Å²) in [6, 6.07) is -0.599. The number of halogens is 5. The normalized spacial score (nSPS) is 14.1. The van der Waals surface area contributed by atoms with E-state index in [4.69, 9.17) is 5.73 Å². The quantitative estimate of drug-likeness (QED) is 0.857. The molecule has 0 amide bonds. The van der Waals surface area contributed by atoms with Gasteiger partial charge in [-0.05, 0) is 37.9 Å². The Labute approximate surface area is 95.0 Å². The third-order valence-corrected chi connectivity index (χ3v) is 2.55. The van der Waals surface area contributed by atoms with Crippen LogP contribution in [0.25, 0.3) is 0 Å². The van der Waals surface area contributed by atoms with Crippen molar-refractivity contribution >= 4 is 31.9 Å². The maximum absolute atomic E-state index is 12.2. The van der Waals surface area contributed by atoms with Gasteiger partial charge in [0.25, 0.3) is 0 Å². The van der Waals surface area contributed by atoms with Gasteiger partial charge in [0.15, 0.2) is 0 Å². The number of hydrogen-bond acceptors (Lipinski definition) is 2. The Morgan fingerprint density at radius 2 is 1.93 bits per heavy atom. The summed E-state index contributed by atoms with van der Waals surface area (Å²) in [5, 5.41) is 0. The Morgan fingerprint density at radius 3 is 2.36 bits per heavy atom. The number of alkyl halides is 3. The molecule has 0 unspecified atom stereocenters. The first-order chi connectivity index (χ1) is 6.32. The number of hydrogen-bond donors (Lipinski definition) is 1. The standard InChI is InChI=1S/C7H5Br2F3N2/c8-3-1-4(9)5(14-2-3)6(13)7(10,11)12/h1-2,6H,13H2/t6-/m0/s1. The first-order valence-electron chi connectivity index (χ1n) is 3.45. The van der Waals surface area contributed by atoms with E-state index in [1.165, 1.54) is 12.3 Å². The van der Waals surface area contributed by atoms with Gasteiger partial charge in [-0.25, -0.2) is 0 Å². The van der Waals surface area contributed by atoms with Crippen LogP contribution in [0.3, 0.4) is 0 Å². The van der Waals surface area contributed by atoms with Crippen LogP contribution >= 0.6 is 31.9 Å². The molecule has 14 heavy (non-hydrogen) atoms. The lowest BCUT2D eigenvalue weighted by Gasteiger charge is -2.16. The average molecular weight is 334 g/mol. The fraction of sp³-hybridized carbons (Fsp3) is 0.286. The maximum atomic E-state index is 12.2. The van der Waals surface area contributed by atoms with Crippen molar-refractivity contribution in [1.82, 2.24) is 4.98 Å². The maximum Gasteiger partial charge on any atom is 0.409 e. The summed E-state index contributed by atoms with van der Waals surface area (Å²) in [6.45, 7) is 0. The molecule has 1 rings (SSSR count). The summed E-state index contributed by atoms with van der Waals surface area (Å²) in [5.74, 6) is 0. The largest absolute Gasteiger partial charge is 0.409 e. The van der Waals surface area contributed by atoms with Crippen molar-refractivity contribution in [3.05, 3.63) is 26.9 Å². The van der Waals surface area contributed by atoms with Crippen molar-refractivity contribution in [3.8, 4) is 0 Å². The molecule has 0 radical (unpaired) electrons. The van der Waals surface area contributed by atoms with Crippen LogP contribution in [0.4, 0.5) is 13.2 Å². The van der Waals surface area contributed by atoms with Crippen molar-refractivity contribution in [3.63, 3.8) is 0 Å². The predicted molar refractivity (Wildman–Crippen MR) is 52.6 cm³/mol. The van der Waals surface area contributed by atoms with Crippen LogP contribution < -0.4 is 5.73 Å². The molecule has 0 saturated heterocycles. The summed E-state index contributed by atoms with van der Waals surface area (Å²) in [6.07, 6.45) is -3.21. The molecule has 0 saturated carbocycles. The highest BCUT2D eigenvalue weighted by Gasteiger charge is 2.39. The zero-order valence-corrected chi connectivity index (χ0v) is 9.82. The lowest BCUT2D eigenvalue weighted by Crippen LogP contribution is -2.29. The molecule has 1 heterocycles. The van der Waals surface area contributed by atoms with Crippen molar-refractivity contribution in [2.24, 2.45) is 5.73 Å².